The lowest BCUT2D eigenvalue weighted by molar-refractivity contribution is 0.981. The van der Waals surface area contributed by atoms with Crippen LogP contribution in [0.5, 0.6) is 0 Å². The van der Waals surface area contributed by atoms with Gasteiger partial charge in [0.2, 0.25) is 0 Å². The van der Waals surface area contributed by atoms with Crippen LogP contribution in [0.15, 0.2) is 36.7 Å². The molecule has 3 nitrogen and oxygen atoms in total. The average Bonchev–Trinajstić information content (AvgIpc) is 2.84. The summed E-state index contributed by atoms with van der Waals surface area (Å²) in [5.41, 5.74) is 11.4. The predicted molar refractivity (Wildman–Crippen MR) is 74.4 cm³/mol. The molecule has 3 rings (SSSR count). The summed E-state index contributed by atoms with van der Waals surface area (Å²) >= 11 is 0. The van der Waals surface area contributed by atoms with Gasteiger partial charge in [-0.1, -0.05) is 12.1 Å². The van der Waals surface area contributed by atoms with Crippen molar-refractivity contribution in [3.8, 4) is 0 Å². The molecular formula is C15H15N3. The summed E-state index contributed by atoms with van der Waals surface area (Å²) in [6, 6.07) is 5.81. The van der Waals surface area contributed by atoms with E-state index in [1.165, 1.54) is 11.3 Å². The van der Waals surface area contributed by atoms with Crippen molar-refractivity contribution in [1.82, 2.24) is 9.97 Å². The molecule has 0 amide bonds. The van der Waals surface area contributed by atoms with E-state index in [2.05, 4.69) is 22.1 Å². The van der Waals surface area contributed by atoms with Gasteiger partial charge >= 0.3 is 0 Å². The van der Waals surface area contributed by atoms with Crippen LogP contribution >= 0.6 is 0 Å². The van der Waals surface area contributed by atoms with Gasteiger partial charge in [-0.3, -0.25) is 4.98 Å². The van der Waals surface area contributed by atoms with Crippen molar-refractivity contribution in [1.29, 1.82) is 0 Å². The van der Waals surface area contributed by atoms with Crippen LogP contribution < -0.4 is 5.73 Å². The molecule has 0 aliphatic heterocycles. The molecule has 1 aliphatic carbocycles. The summed E-state index contributed by atoms with van der Waals surface area (Å²) in [4.78, 5) is 7.52. The number of nitrogens with one attached hydrogen (secondary N) is 1. The van der Waals surface area contributed by atoms with Crippen molar-refractivity contribution >= 4 is 17.8 Å². The third-order valence-electron chi connectivity index (χ3n) is 3.17. The molecule has 2 heterocycles. The minimum Gasteiger partial charge on any atom is -0.398 e. The Kier molecular flexibility index (Phi) is 2.73. The van der Waals surface area contributed by atoms with Crippen molar-refractivity contribution in [2.24, 2.45) is 5.73 Å². The molecule has 2 aromatic heterocycles. The average molecular weight is 237 g/mol. The topological polar surface area (TPSA) is 54.7 Å². The van der Waals surface area contributed by atoms with Crippen LogP contribution in [-0.4, -0.2) is 9.97 Å². The first kappa shape index (κ1) is 10.8. The molecule has 3 N–H and O–H groups in total. The van der Waals surface area contributed by atoms with Gasteiger partial charge in [0.25, 0.3) is 0 Å². The van der Waals surface area contributed by atoms with Crippen molar-refractivity contribution in [2.45, 2.75) is 12.8 Å². The van der Waals surface area contributed by atoms with Gasteiger partial charge in [-0.15, -0.1) is 0 Å². The minimum absolute atomic E-state index is 0.765. The minimum atomic E-state index is 0.765. The highest BCUT2D eigenvalue weighted by Crippen LogP contribution is 2.26. The Morgan fingerprint density at radius 3 is 3.17 bits per heavy atom. The van der Waals surface area contributed by atoms with E-state index in [0.29, 0.717) is 0 Å². The smallest absolute Gasteiger partial charge is 0.0650 e. The number of rotatable bonds is 2. The van der Waals surface area contributed by atoms with E-state index in [1.54, 1.807) is 6.20 Å². The van der Waals surface area contributed by atoms with Gasteiger partial charge < -0.3 is 10.7 Å². The molecule has 3 heteroatoms. The Bertz CT molecular complexity index is 606. The molecule has 18 heavy (non-hydrogen) atoms. The number of aromatic nitrogens is 2. The Hall–Kier alpha value is -2.29. The maximum Gasteiger partial charge on any atom is 0.0650 e. The van der Waals surface area contributed by atoms with E-state index in [4.69, 9.17) is 5.73 Å². The fraction of sp³-hybridized carbons (Fsp3) is 0.133. The number of aromatic amines is 1. The van der Waals surface area contributed by atoms with Crippen LogP contribution in [0.1, 0.15) is 28.9 Å². The lowest BCUT2D eigenvalue weighted by atomic mass is 9.98. The van der Waals surface area contributed by atoms with Crippen LogP contribution in [0.25, 0.3) is 17.8 Å². The third-order valence-corrected chi connectivity index (χ3v) is 3.17. The number of hydrogen-bond donors (Lipinski definition) is 2. The first-order chi connectivity index (χ1) is 8.84. The second-order valence-corrected chi connectivity index (χ2v) is 4.39. The number of hydrogen-bond acceptors (Lipinski definition) is 2. The van der Waals surface area contributed by atoms with E-state index in [1.807, 2.05) is 30.5 Å². The van der Waals surface area contributed by atoms with E-state index in [9.17, 15) is 0 Å². The van der Waals surface area contributed by atoms with Crippen LogP contribution in [-0.2, 0) is 6.42 Å². The van der Waals surface area contributed by atoms with Gasteiger partial charge in [-0.2, -0.15) is 0 Å². The molecule has 0 aromatic carbocycles. The Labute approximate surface area is 106 Å². The highest BCUT2D eigenvalue weighted by Gasteiger charge is 2.13. The number of nitrogens with zero attached hydrogens (tertiary/aromatic N) is 1. The van der Waals surface area contributed by atoms with Gasteiger partial charge in [-0.25, -0.2) is 0 Å². The fourth-order valence-electron chi connectivity index (χ4n) is 2.27. The Morgan fingerprint density at radius 2 is 2.33 bits per heavy atom. The SMILES string of the molecule is N/C(=C\c1ccccn1)c1c[nH]c2c1CCC=C2. The first-order valence-corrected chi connectivity index (χ1v) is 6.10. The molecular weight excluding hydrogens is 222 g/mol. The zero-order chi connectivity index (χ0) is 12.4. The quantitative estimate of drug-likeness (QED) is 0.843. The zero-order valence-corrected chi connectivity index (χ0v) is 10.1. The molecule has 0 bridgehead atoms. The number of fused-ring (bicyclic) bond motifs is 1. The largest absolute Gasteiger partial charge is 0.398 e. The van der Waals surface area contributed by atoms with E-state index >= 15 is 0 Å². The maximum atomic E-state index is 6.17. The van der Waals surface area contributed by atoms with Crippen LogP contribution in [0, 0.1) is 0 Å². The Morgan fingerprint density at radius 1 is 1.39 bits per heavy atom. The number of nitrogens with two attached hydrogens (primary N) is 1. The number of H-pyrrole nitrogens is 1. The summed E-state index contributed by atoms with van der Waals surface area (Å²) in [6.07, 6.45) is 12.1. The van der Waals surface area contributed by atoms with E-state index < -0.39 is 0 Å². The second-order valence-electron chi connectivity index (χ2n) is 4.39. The molecule has 1 aliphatic rings. The van der Waals surface area contributed by atoms with Gasteiger partial charge in [0.1, 0.15) is 0 Å². The number of allylic oxidation sites excluding steroid dienone is 1. The van der Waals surface area contributed by atoms with Crippen LogP contribution in [0.3, 0.4) is 0 Å². The molecule has 0 unspecified atom stereocenters. The fourth-order valence-corrected chi connectivity index (χ4v) is 2.27. The summed E-state index contributed by atoms with van der Waals surface area (Å²) < 4.78 is 0. The van der Waals surface area contributed by atoms with Crippen molar-refractivity contribution in [3.05, 3.63) is 59.2 Å². The summed E-state index contributed by atoms with van der Waals surface area (Å²) in [5, 5.41) is 0. The van der Waals surface area contributed by atoms with Crippen molar-refractivity contribution < 1.29 is 0 Å². The predicted octanol–water partition coefficient (Wildman–Crippen LogP) is 2.83. The molecule has 0 fully saturated rings. The molecule has 0 atom stereocenters. The molecule has 90 valence electrons. The van der Waals surface area contributed by atoms with Gasteiger partial charge in [0, 0.05) is 29.3 Å². The summed E-state index contributed by atoms with van der Waals surface area (Å²) in [6.45, 7) is 0. The third kappa shape index (κ3) is 1.95. The van der Waals surface area contributed by atoms with Gasteiger partial charge in [-0.05, 0) is 42.7 Å². The zero-order valence-electron chi connectivity index (χ0n) is 10.1. The summed E-state index contributed by atoms with van der Waals surface area (Å²) in [7, 11) is 0. The summed E-state index contributed by atoms with van der Waals surface area (Å²) in [5.74, 6) is 0. The molecule has 0 spiro atoms. The van der Waals surface area contributed by atoms with E-state index in [-0.39, 0.29) is 0 Å². The second kappa shape index (κ2) is 4.53. The highest BCUT2D eigenvalue weighted by molar-refractivity contribution is 5.81. The Balaban J connectivity index is 1.98. The van der Waals surface area contributed by atoms with Crippen LogP contribution in [0.2, 0.25) is 0 Å². The first-order valence-electron chi connectivity index (χ1n) is 6.10. The normalized spacial score (nSPS) is 14.6. The lowest BCUT2D eigenvalue weighted by Crippen LogP contribution is -2.01. The van der Waals surface area contributed by atoms with Gasteiger partial charge in [0.05, 0.1) is 5.69 Å². The maximum absolute atomic E-state index is 6.17. The molecule has 0 saturated heterocycles. The monoisotopic (exact) mass is 237 g/mol. The molecule has 0 saturated carbocycles. The lowest BCUT2D eigenvalue weighted by Gasteiger charge is -2.08. The van der Waals surface area contributed by atoms with Crippen LogP contribution in [0.4, 0.5) is 0 Å². The highest BCUT2D eigenvalue weighted by atomic mass is 14.7. The molecule has 2 aromatic rings. The van der Waals surface area contributed by atoms with E-state index in [0.717, 1.165) is 29.8 Å². The van der Waals surface area contributed by atoms with Crippen molar-refractivity contribution in [3.63, 3.8) is 0 Å². The standard InChI is InChI=1S/C15H15N3/c16-14(9-11-5-3-4-8-17-11)13-10-18-15-7-2-1-6-12(13)15/h2-5,7-10,18H,1,6,16H2/b14-9-. The molecule has 0 radical (unpaired) electrons. The number of pyridine rings is 1. The van der Waals surface area contributed by atoms with Crippen molar-refractivity contribution in [2.75, 3.05) is 0 Å². The van der Waals surface area contributed by atoms with Gasteiger partial charge in [0.15, 0.2) is 0 Å².